The number of para-hydroxylation sites is 1. The number of nitrogens with zero attached hydrogens (tertiary/aromatic N) is 1. The lowest BCUT2D eigenvalue weighted by molar-refractivity contribution is -0.113. The van der Waals surface area contributed by atoms with Gasteiger partial charge in [0.2, 0.25) is 5.91 Å². The van der Waals surface area contributed by atoms with Gasteiger partial charge in [-0.05, 0) is 42.8 Å². The van der Waals surface area contributed by atoms with Crippen molar-refractivity contribution in [3.05, 3.63) is 53.8 Å². The predicted molar refractivity (Wildman–Crippen MR) is 91.4 cm³/mol. The fourth-order valence-corrected chi connectivity index (χ4v) is 4.29. The summed E-state index contributed by atoms with van der Waals surface area (Å²) < 4.78 is 38.1. The fourth-order valence-electron chi connectivity index (χ4n) is 2.19. The first-order valence-corrected chi connectivity index (χ1v) is 9.46. The van der Waals surface area contributed by atoms with Crippen LogP contribution in [0.15, 0.2) is 47.4 Å². The lowest BCUT2D eigenvalue weighted by Crippen LogP contribution is -2.22. The van der Waals surface area contributed by atoms with E-state index >= 15 is 0 Å². The molecule has 5 nitrogen and oxygen atoms in total. The van der Waals surface area contributed by atoms with Crippen molar-refractivity contribution in [2.45, 2.75) is 11.8 Å². The number of carbonyl (C=O) groups is 1. The van der Waals surface area contributed by atoms with Crippen LogP contribution in [0.2, 0.25) is 0 Å². The van der Waals surface area contributed by atoms with Crippen LogP contribution in [0.25, 0.3) is 10.2 Å². The Morgan fingerprint density at radius 2 is 1.92 bits per heavy atom. The van der Waals surface area contributed by atoms with Crippen molar-refractivity contribution in [3.8, 4) is 0 Å². The molecule has 0 unspecified atom stereocenters. The number of anilines is 1. The summed E-state index contributed by atoms with van der Waals surface area (Å²) in [5.41, 5.74) is 1.75. The van der Waals surface area contributed by atoms with E-state index in [9.17, 15) is 17.6 Å². The Kier molecular flexibility index (Phi) is 4.33. The molecular weight excluding hydrogens is 351 g/mol. The number of nitrogens with one attached hydrogen (secondary N) is 1. The predicted octanol–water partition coefficient (Wildman–Crippen LogP) is 3.16. The molecular formula is C16H13FN2O3S2. The molecule has 24 heavy (non-hydrogen) atoms. The highest BCUT2D eigenvalue weighted by molar-refractivity contribution is 7.92. The average molecular weight is 364 g/mol. The zero-order chi connectivity index (χ0) is 17.3. The second kappa shape index (κ2) is 6.29. The van der Waals surface area contributed by atoms with Gasteiger partial charge in [0.15, 0.2) is 15.0 Å². The molecule has 0 aliphatic carbocycles. The summed E-state index contributed by atoms with van der Waals surface area (Å²) in [6, 6.07) is 10.0. The third kappa shape index (κ3) is 3.44. The number of hydrogen-bond acceptors (Lipinski definition) is 5. The molecule has 0 aliphatic heterocycles. The molecule has 1 heterocycles. The number of fused-ring (bicyclic) bond motifs is 1. The van der Waals surface area contributed by atoms with Gasteiger partial charge < -0.3 is 5.32 Å². The number of aryl methyl sites for hydroxylation is 1. The molecule has 3 aromatic rings. The standard InChI is InChI=1S/C16H13FN2O3S2/c1-10-3-2-4-13-15(10)19-16(23-13)18-14(20)9-24(21,22)12-7-5-11(17)6-8-12/h2-8H,9H2,1H3,(H,18,19,20). The molecule has 0 saturated carbocycles. The number of rotatable bonds is 4. The van der Waals surface area contributed by atoms with Gasteiger partial charge >= 0.3 is 0 Å². The molecule has 0 radical (unpaired) electrons. The van der Waals surface area contributed by atoms with Gasteiger partial charge in [0.05, 0.1) is 15.1 Å². The van der Waals surface area contributed by atoms with Crippen LogP contribution in [0.3, 0.4) is 0 Å². The van der Waals surface area contributed by atoms with E-state index in [1.807, 2.05) is 25.1 Å². The first-order chi connectivity index (χ1) is 11.3. The summed E-state index contributed by atoms with van der Waals surface area (Å²) in [5.74, 6) is -1.95. The number of sulfone groups is 1. The lowest BCUT2D eigenvalue weighted by atomic mass is 10.2. The van der Waals surface area contributed by atoms with E-state index in [0.717, 1.165) is 40.0 Å². The zero-order valence-corrected chi connectivity index (χ0v) is 14.2. The molecule has 0 bridgehead atoms. The molecule has 0 saturated heterocycles. The highest BCUT2D eigenvalue weighted by Crippen LogP contribution is 2.27. The van der Waals surface area contributed by atoms with Gasteiger partial charge in [-0.2, -0.15) is 0 Å². The highest BCUT2D eigenvalue weighted by atomic mass is 32.2. The van der Waals surface area contributed by atoms with Crippen LogP contribution in [-0.2, 0) is 14.6 Å². The molecule has 0 atom stereocenters. The Labute approximate surface area is 142 Å². The molecule has 1 amide bonds. The van der Waals surface area contributed by atoms with Crippen molar-refractivity contribution >= 4 is 42.4 Å². The number of hydrogen-bond donors (Lipinski definition) is 1. The summed E-state index contributed by atoms with van der Waals surface area (Å²) in [7, 11) is -3.84. The van der Waals surface area contributed by atoms with Crippen molar-refractivity contribution in [2.75, 3.05) is 11.1 Å². The fraction of sp³-hybridized carbons (Fsp3) is 0.125. The number of benzene rings is 2. The maximum Gasteiger partial charge on any atom is 0.241 e. The molecule has 0 fully saturated rings. The average Bonchev–Trinajstić information content (AvgIpc) is 2.90. The van der Waals surface area contributed by atoms with E-state index in [4.69, 9.17) is 0 Å². The second-order valence-electron chi connectivity index (χ2n) is 5.20. The number of amides is 1. The van der Waals surface area contributed by atoms with Crippen LogP contribution in [-0.4, -0.2) is 25.1 Å². The summed E-state index contributed by atoms with van der Waals surface area (Å²) in [6.45, 7) is 1.91. The Morgan fingerprint density at radius 1 is 1.21 bits per heavy atom. The van der Waals surface area contributed by atoms with Crippen LogP contribution in [0.1, 0.15) is 5.56 Å². The Hall–Kier alpha value is -2.32. The zero-order valence-electron chi connectivity index (χ0n) is 12.6. The van der Waals surface area contributed by atoms with Gasteiger partial charge in [0.1, 0.15) is 11.6 Å². The van der Waals surface area contributed by atoms with Gasteiger partial charge in [0, 0.05) is 0 Å². The summed E-state index contributed by atoms with van der Waals surface area (Å²) in [5, 5.41) is 2.86. The van der Waals surface area contributed by atoms with Crippen LogP contribution >= 0.6 is 11.3 Å². The normalized spacial score (nSPS) is 11.6. The largest absolute Gasteiger partial charge is 0.301 e. The number of aromatic nitrogens is 1. The molecule has 0 aliphatic rings. The molecule has 0 spiro atoms. The Morgan fingerprint density at radius 3 is 2.58 bits per heavy atom. The van der Waals surface area contributed by atoms with Crippen molar-refractivity contribution in [1.82, 2.24) is 4.98 Å². The van der Waals surface area contributed by atoms with E-state index < -0.39 is 27.3 Å². The topological polar surface area (TPSA) is 76.1 Å². The van der Waals surface area contributed by atoms with E-state index in [-0.39, 0.29) is 4.90 Å². The minimum atomic E-state index is -3.84. The maximum atomic E-state index is 12.9. The van der Waals surface area contributed by atoms with Gasteiger partial charge in [-0.25, -0.2) is 17.8 Å². The SMILES string of the molecule is Cc1cccc2sc(NC(=O)CS(=O)(=O)c3ccc(F)cc3)nc12. The molecule has 8 heteroatoms. The minimum absolute atomic E-state index is 0.0980. The molecule has 124 valence electrons. The van der Waals surface area contributed by atoms with E-state index in [2.05, 4.69) is 10.3 Å². The molecule has 1 aromatic heterocycles. The van der Waals surface area contributed by atoms with E-state index in [1.54, 1.807) is 0 Å². The summed E-state index contributed by atoms with van der Waals surface area (Å²) in [6.07, 6.45) is 0. The van der Waals surface area contributed by atoms with Crippen molar-refractivity contribution in [3.63, 3.8) is 0 Å². The lowest BCUT2D eigenvalue weighted by Gasteiger charge is -2.04. The Balaban J connectivity index is 1.77. The third-order valence-corrected chi connectivity index (χ3v) is 5.93. The summed E-state index contributed by atoms with van der Waals surface area (Å²) >= 11 is 1.28. The van der Waals surface area contributed by atoms with Crippen LogP contribution in [0.4, 0.5) is 9.52 Å². The van der Waals surface area contributed by atoms with Gasteiger partial charge in [0.25, 0.3) is 0 Å². The van der Waals surface area contributed by atoms with Gasteiger partial charge in [-0.1, -0.05) is 23.5 Å². The first kappa shape index (κ1) is 16.5. The molecule has 1 N–H and O–H groups in total. The highest BCUT2D eigenvalue weighted by Gasteiger charge is 2.20. The van der Waals surface area contributed by atoms with Gasteiger partial charge in [-0.15, -0.1) is 0 Å². The quantitative estimate of drug-likeness (QED) is 0.722. The number of carbonyl (C=O) groups excluding carboxylic acids is 1. The van der Waals surface area contributed by atoms with Crippen LogP contribution < -0.4 is 5.32 Å². The second-order valence-corrected chi connectivity index (χ2v) is 8.22. The molecule has 3 rings (SSSR count). The maximum absolute atomic E-state index is 12.9. The minimum Gasteiger partial charge on any atom is -0.301 e. The Bertz CT molecular complexity index is 1010. The van der Waals surface area contributed by atoms with E-state index in [1.165, 1.54) is 11.3 Å². The monoisotopic (exact) mass is 364 g/mol. The number of thiazole rings is 1. The van der Waals surface area contributed by atoms with Crippen molar-refractivity contribution in [1.29, 1.82) is 0 Å². The van der Waals surface area contributed by atoms with Crippen LogP contribution in [0, 0.1) is 12.7 Å². The summed E-state index contributed by atoms with van der Waals surface area (Å²) in [4.78, 5) is 16.2. The van der Waals surface area contributed by atoms with Gasteiger partial charge in [-0.3, -0.25) is 4.79 Å². The smallest absolute Gasteiger partial charge is 0.241 e. The number of halogens is 1. The van der Waals surface area contributed by atoms with Crippen LogP contribution in [0.5, 0.6) is 0 Å². The van der Waals surface area contributed by atoms with Crippen molar-refractivity contribution in [2.24, 2.45) is 0 Å². The molecule has 2 aromatic carbocycles. The third-order valence-electron chi connectivity index (χ3n) is 3.36. The van der Waals surface area contributed by atoms with Crippen molar-refractivity contribution < 1.29 is 17.6 Å². The van der Waals surface area contributed by atoms with E-state index in [0.29, 0.717) is 5.13 Å². The first-order valence-electron chi connectivity index (χ1n) is 6.99.